The van der Waals surface area contributed by atoms with Gasteiger partial charge in [0.05, 0.1) is 17.8 Å². The van der Waals surface area contributed by atoms with Crippen LogP contribution in [0.2, 0.25) is 5.15 Å². The summed E-state index contributed by atoms with van der Waals surface area (Å²) >= 11 is 6.36. The zero-order valence-electron chi connectivity index (χ0n) is 18.9. The van der Waals surface area contributed by atoms with Crippen LogP contribution < -0.4 is 5.32 Å². The van der Waals surface area contributed by atoms with Gasteiger partial charge in [-0.05, 0) is 67.6 Å². The number of fused-ring (bicyclic) bond motifs is 1. The van der Waals surface area contributed by atoms with Crippen LogP contribution in [0.15, 0.2) is 48.7 Å². The number of nitrogens with one attached hydrogen (secondary N) is 1. The minimum absolute atomic E-state index is 0.134. The summed E-state index contributed by atoms with van der Waals surface area (Å²) in [5.41, 5.74) is 3.65. The summed E-state index contributed by atoms with van der Waals surface area (Å²) in [6.45, 7) is 5.95. The van der Waals surface area contributed by atoms with Gasteiger partial charge in [-0.2, -0.15) is 18.3 Å². The largest absolute Gasteiger partial charge is 0.389 e. The maximum absolute atomic E-state index is 12.9. The van der Waals surface area contributed by atoms with E-state index in [1.54, 1.807) is 22.5 Å². The van der Waals surface area contributed by atoms with Gasteiger partial charge in [0, 0.05) is 19.0 Å². The number of halogens is 4. The van der Waals surface area contributed by atoms with E-state index >= 15 is 0 Å². The molecule has 0 aliphatic rings. The Labute approximate surface area is 196 Å². The Morgan fingerprint density at radius 2 is 1.94 bits per heavy atom. The Morgan fingerprint density at radius 3 is 2.61 bits per heavy atom. The van der Waals surface area contributed by atoms with Crippen molar-refractivity contribution in [1.82, 2.24) is 19.8 Å². The van der Waals surface area contributed by atoms with Crippen LogP contribution in [-0.4, -0.2) is 39.3 Å². The summed E-state index contributed by atoms with van der Waals surface area (Å²) in [6, 6.07) is 12.3. The van der Waals surface area contributed by atoms with E-state index in [0.29, 0.717) is 18.1 Å². The van der Waals surface area contributed by atoms with Gasteiger partial charge < -0.3 is 10.2 Å². The molecule has 178 valence electrons. The van der Waals surface area contributed by atoms with Gasteiger partial charge in [-0.15, -0.1) is 0 Å². The molecular formula is C24H28ClF3N4O. The lowest BCUT2D eigenvalue weighted by atomic mass is 9.99. The van der Waals surface area contributed by atoms with Gasteiger partial charge in [0.1, 0.15) is 5.15 Å². The zero-order chi connectivity index (χ0) is 24.2. The average Bonchev–Trinajstić information content (AvgIpc) is 3.26. The van der Waals surface area contributed by atoms with Crippen LogP contribution in [0, 0.1) is 0 Å². The molecule has 0 aliphatic carbocycles. The third kappa shape index (κ3) is 6.19. The number of amides is 2. The first-order chi connectivity index (χ1) is 15.6. The van der Waals surface area contributed by atoms with E-state index in [1.165, 1.54) is 0 Å². The fraction of sp³-hybridized carbons (Fsp3) is 0.417. The molecule has 5 nitrogen and oxygen atoms in total. The Bertz CT molecular complexity index is 1100. The van der Waals surface area contributed by atoms with Crippen LogP contribution in [0.5, 0.6) is 0 Å². The van der Waals surface area contributed by atoms with E-state index in [2.05, 4.69) is 10.4 Å². The molecule has 0 unspecified atom stereocenters. The second-order valence-corrected chi connectivity index (χ2v) is 8.42. The Kier molecular flexibility index (Phi) is 7.89. The van der Waals surface area contributed by atoms with Crippen molar-refractivity contribution in [3.05, 3.63) is 59.4 Å². The number of alkyl halides is 3. The first-order valence-corrected chi connectivity index (χ1v) is 11.4. The number of urea groups is 1. The normalized spacial score (nSPS) is 13.7. The van der Waals surface area contributed by atoms with Gasteiger partial charge in [-0.25, -0.2) is 9.31 Å². The quantitative estimate of drug-likeness (QED) is 0.358. The summed E-state index contributed by atoms with van der Waals surface area (Å²) in [7, 11) is 0. The number of carbonyl (C=O) groups is 1. The highest BCUT2D eigenvalue weighted by Gasteiger charge is 2.29. The van der Waals surface area contributed by atoms with Crippen molar-refractivity contribution in [2.45, 2.75) is 58.3 Å². The molecule has 3 rings (SSSR count). The molecule has 0 radical (unpaired) electrons. The number of hydrogen-bond acceptors (Lipinski definition) is 2. The lowest BCUT2D eigenvalue weighted by molar-refractivity contribution is -0.136. The fourth-order valence-electron chi connectivity index (χ4n) is 3.88. The van der Waals surface area contributed by atoms with Gasteiger partial charge in [0.25, 0.3) is 0 Å². The average molecular weight is 481 g/mol. The van der Waals surface area contributed by atoms with E-state index in [1.807, 2.05) is 56.3 Å². The molecule has 0 saturated heterocycles. The highest BCUT2D eigenvalue weighted by atomic mass is 35.5. The molecule has 0 spiro atoms. The number of rotatable bonds is 8. The molecule has 1 aromatic carbocycles. The molecule has 2 aromatic heterocycles. The molecule has 2 amide bonds. The Morgan fingerprint density at radius 1 is 1.18 bits per heavy atom. The second kappa shape index (κ2) is 10.5. The van der Waals surface area contributed by atoms with Crippen molar-refractivity contribution in [3.8, 4) is 11.1 Å². The molecule has 3 aromatic rings. The molecule has 0 aliphatic heterocycles. The van der Waals surface area contributed by atoms with Crippen LogP contribution in [-0.2, 0) is 0 Å². The van der Waals surface area contributed by atoms with Gasteiger partial charge >= 0.3 is 12.2 Å². The summed E-state index contributed by atoms with van der Waals surface area (Å²) in [4.78, 5) is 14.5. The Balaban J connectivity index is 1.78. The van der Waals surface area contributed by atoms with Crippen molar-refractivity contribution in [3.63, 3.8) is 0 Å². The molecule has 2 atom stereocenters. The third-order valence-corrected chi connectivity index (χ3v) is 6.09. The van der Waals surface area contributed by atoms with Crippen LogP contribution in [0.25, 0.3) is 16.6 Å². The van der Waals surface area contributed by atoms with Gasteiger partial charge in [0.2, 0.25) is 0 Å². The van der Waals surface area contributed by atoms with E-state index in [-0.39, 0.29) is 18.5 Å². The van der Waals surface area contributed by atoms with Gasteiger partial charge in [-0.1, -0.05) is 36.7 Å². The molecular weight excluding hydrogens is 453 g/mol. The van der Waals surface area contributed by atoms with Crippen LogP contribution in [0.4, 0.5) is 18.0 Å². The van der Waals surface area contributed by atoms with E-state index < -0.39 is 18.6 Å². The lowest BCUT2D eigenvalue weighted by Crippen LogP contribution is -2.45. The topological polar surface area (TPSA) is 49.6 Å². The smallest absolute Gasteiger partial charge is 0.335 e. The number of benzene rings is 1. The lowest BCUT2D eigenvalue weighted by Gasteiger charge is -2.31. The van der Waals surface area contributed by atoms with Gasteiger partial charge in [-0.3, -0.25) is 0 Å². The first kappa shape index (κ1) is 24.9. The number of aromatic nitrogens is 2. The standard InChI is InChI=1S/C24H28ClF3N4O/c1-4-20(9-11-24(26,27)28)30-23(33)31(5-2)16(3)17-7-6-8-18(13-17)19-14-21-10-12-29-32(21)22(25)15-19/h6-8,10,12-16,20H,4-5,9,11H2,1-3H3,(H,30,33)/t16-,20-/m1/s1. The van der Waals surface area contributed by atoms with Crippen LogP contribution in [0.3, 0.4) is 0 Å². The van der Waals surface area contributed by atoms with E-state index in [4.69, 9.17) is 11.6 Å². The van der Waals surface area contributed by atoms with Crippen molar-refractivity contribution >= 4 is 23.1 Å². The molecule has 9 heteroatoms. The number of pyridine rings is 1. The fourth-order valence-corrected chi connectivity index (χ4v) is 4.14. The summed E-state index contributed by atoms with van der Waals surface area (Å²) < 4.78 is 39.4. The minimum Gasteiger partial charge on any atom is -0.335 e. The summed E-state index contributed by atoms with van der Waals surface area (Å²) in [6.07, 6.45) is -3.18. The zero-order valence-corrected chi connectivity index (χ0v) is 19.6. The molecule has 0 bridgehead atoms. The molecule has 1 N–H and O–H groups in total. The monoisotopic (exact) mass is 480 g/mol. The van der Waals surface area contributed by atoms with E-state index in [0.717, 1.165) is 22.2 Å². The summed E-state index contributed by atoms with van der Waals surface area (Å²) in [5, 5.41) is 7.44. The highest BCUT2D eigenvalue weighted by Crippen LogP contribution is 2.29. The van der Waals surface area contributed by atoms with Crippen molar-refractivity contribution in [1.29, 1.82) is 0 Å². The predicted octanol–water partition coefficient (Wildman–Crippen LogP) is 6.87. The molecule has 2 heterocycles. The third-order valence-electron chi connectivity index (χ3n) is 5.82. The second-order valence-electron chi connectivity index (χ2n) is 8.03. The van der Waals surface area contributed by atoms with Crippen molar-refractivity contribution < 1.29 is 18.0 Å². The molecule has 33 heavy (non-hydrogen) atoms. The summed E-state index contributed by atoms with van der Waals surface area (Å²) in [5.74, 6) is 0. The number of nitrogens with zero attached hydrogens (tertiary/aromatic N) is 3. The maximum Gasteiger partial charge on any atom is 0.389 e. The predicted molar refractivity (Wildman–Crippen MR) is 124 cm³/mol. The van der Waals surface area contributed by atoms with Crippen LogP contribution in [0.1, 0.15) is 51.6 Å². The van der Waals surface area contributed by atoms with Crippen LogP contribution >= 0.6 is 11.6 Å². The Hall–Kier alpha value is -2.74. The highest BCUT2D eigenvalue weighted by molar-refractivity contribution is 6.30. The van der Waals surface area contributed by atoms with Crippen molar-refractivity contribution in [2.75, 3.05) is 6.54 Å². The first-order valence-electron chi connectivity index (χ1n) is 11.0. The van der Waals surface area contributed by atoms with Crippen molar-refractivity contribution in [2.24, 2.45) is 0 Å². The number of carbonyl (C=O) groups excluding carboxylic acids is 1. The maximum atomic E-state index is 12.9. The van der Waals surface area contributed by atoms with E-state index in [9.17, 15) is 18.0 Å². The minimum atomic E-state index is -4.24. The van der Waals surface area contributed by atoms with Gasteiger partial charge in [0.15, 0.2) is 0 Å². The molecule has 0 saturated carbocycles. The SMILES string of the molecule is CC[C@H](CCC(F)(F)F)NC(=O)N(CC)[C@H](C)c1cccc(-c2cc(Cl)n3nccc3c2)c1. The number of hydrogen-bond donors (Lipinski definition) is 1. The molecule has 0 fully saturated rings.